The number of hydrogen-bond acceptors (Lipinski definition) is 4. The van der Waals surface area contributed by atoms with Crippen molar-refractivity contribution in [1.29, 1.82) is 0 Å². The topological polar surface area (TPSA) is 74.7 Å². The largest absolute Gasteiger partial charge is 0.409 e. The van der Waals surface area contributed by atoms with E-state index < -0.39 is 0 Å². The lowest BCUT2D eigenvalue weighted by molar-refractivity contribution is 0.217. The molecule has 0 aromatic carbocycles. The van der Waals surface area contributed by atoms with Gasteiger partial charge >= 0.3 is 0 Å². The van der Waals surface area contributed by atoms with Crippen LogP contribution in [0, 0.1) is 0 Å². The Bertz CT molecular complexity index is 351. The van der Waals surface area contributed by atoms with Crippen molar-refractivity contribution in [2.45, 2.75) is 32.9 Å². The molecule has 5 heteroatoms. The van der Waals surface area contributed by atoms with E-state index in [0.717, 1.165) is 13.1 Å². The summed E-state index contributed by atoms with van der Waals surface area (Å²) in [7, 11) is 0. The van der Waals surface area contributed by atoms with Crippen molar-refractivity contribution in [2.75, 3.05) is 6.54 Å². The van der Waals surface area contributed by atoms with Crippen molar-refractivity contribution in [2.24, 2.45) is 10.9 Å². The number of pyridine rings is 1. The van der Waals surface area contributed by atoms with Crippen LogP contribution in [-0.4, -0.2) is 33.5 Å². The van der Waals surface area contributed by atoms with Crippen molar-refractivity contribution < 1.29 is 5.21 Å². The molecule has 0 aliphatic rings. The molecule has 0 amide bonds. The van der Waals surface area contributed by atoms with E-state index >= 15 is 0 Å². The summed E-state index contributed by atoms with van der Waals surface area (Å²) in [5.74, 6) is 0.269. The van der Waals surface area contributed by atoms with Crippen LogP contribution in [0.25, 0.3) is 0 Å². The number of nitrogens with zero attached hydrogens (tertiary/aromatic N) is 3. The molecule has 5 nitrogen and oxygen atoms in total. The van der Waals surface area contributed by atoms with Gasteiger partial charge in [-0.2, -0.15) is 0 Å². The standard InChI is InChI=1S/C12H20N4O/c1-10(2)16(8-5-12(13)15-17)9-11-3-6-14-7-4-11/h3-4,6-7,10,17H,5,8-9H2,1-2H3,(H2,13,15). The summed E-state index contributed by atoms with van der Waals surface area (Å²) < 4.78 is 0. The highest BCUT2D eigenvalue weighted by Gasteiger charge is 2.10. The maximum atomic E-state index is 8.51. The van der Waals surface area contributed by atoms with Crippen LogP contribution in [0.3, 0.4) is 0 Å². The van der Waals surface area contributed by atoms with Crippen molar-refractivity contribution in [3.63, 3.8) is 0 Å². The minimum Gasteiger partial charge on any atom is -0.409 e. The zero-order valence-corrected chi connectivity index (χ0v) is 10.4. The molecule has 17 heavy (non-hydrogen) atoms. The molecule has 1 aromatic heterocycles. The average Bonchev–Trinajstić information content (AvgIpc) is 2.34. The minimum absolute atomic E-state index is 0.269. The molecule has 0 aliphatic carbocycles. The molecule has 0 saturated carbocycles. The van der Waals surface area contributed by atoms with Crippen LogP contribution in [0.2, 0.25) is 0 Å². The summed E-state index contributed by atoms with van der Waals surface area (Å²) in [6.45, 7) is 5.88. The summed E-state index contributed by atoms with van der Waals surface area (Å²) in [6.07, 6.45) is 4.15. The van der Waals surface area contributed by atoms with Gasteiger partial charge in [-0.3, -0.25) is 9.88 Å². The van der Waals surface area contributed by atoms with Gasteiger partial charge in [-0.15, -0.1) is 0 Å². The van der Waals surface area contributed by atoms with Crippen LogP contribution >= 0.6 is 0 Å². The van der Waals surface area contributed by atoms with Crippen LogP contribution in [0.1, 0.15) is 25.8 Å². The molecule has 0 spiro atoms. The fourth-order valence-corrected chi connectivity index (χ4v) is 1.55. The van der Waals surface area contributed by atoms with Crippen molar-refractivity contribution >= 4 is 5.84 Å². The van der Waals surface area contributed by atoms with Crippen LogP contribution < -0.4 is 5.73 Å². The zero-order chi connectivity index (χ0) is 12.7. The summed E-state index contributed by atoms with van der Waals surface area (Å²) in [5, 5.41) is 11.5. The fraction of sp³-hybridized carbons (Fsp3) is 0.500. The van der Waals surface area contributed by atoms with Gasteiger partial charge in [-0.1, -0.05) is 5.16 Å². The molecule has 1 rings (SSSR count). The SMILES string of the molecule is CC(C)N(CCC(N)=NO)Cc1ccncc1. The van der Waals surface area contributed by atoms with Crippen molar-refractivity contribution in [3.8, 4) is 0 Å². The molecule has 0 fully saturated rings. The quantitative estimate of drug-likeness (QED) is 0.339. The summed E-state index contributed by atoms with van der Waals surface area (Å²) in [6, 6.07) is 4.41. The second kappa shape index (κ2) is 6.85. The van der Waals surface area contributed by atoms with E-state index in [-0.39, 0.29) is 5.84 Å². The number of nitrogens with two attached hydrogens (primary N) is 1. The van der Waals surface area contributed by atoms with Gasteiger partial charge < -0.3 is 10.9 Å². The number of oxime groups is 1. The molecule has 1 heterocycles. The molecular weight excluding hydrogens is 216 g/mol. The first-order valence-corrected chi connectivity index (χ1v) is 5.73. The van der Waals surface area contributed by atoms with Gasteiger partial charge in [-0.25, -0.2) is 0 Å². The maximum Gasteiger partial charge on any atom is 0.140 e. The Morgan fingerprint density at radius 3 is 2.65 bits per heavy atom. The number of rotatable bonds is 6. The van der Waals surface area contributed by atoms with Crippen molar-refractivity contribution in [1.82, 2.24) is 9.88 Å². The molecule has 3 N–H and O–H groups in total. The molecule has 0 unspecified atom stereocenters. The smallest absolute Gasteiger partial charge is 0.140 e. The second-order valence-corrected chi connectivity index (χ2v) is 4.26. The Kier molecular flexibility index (Phi) is 5.42. The van der Waals surface area contributed by atoms with Crippen LogP contribution in [0.5, 0.6) is 0 Å². The third kappa shape index (κ3) is 4.82. The number of hydrogen-bond donors (Lipinski definition) is 2. The third-order valence-corrected chi connectivity index (χ3v) is 2.65. The van der Waals surface area contributed by atoms with Gasteiger partial charge in [0.1, 0.15) is 5.84 Å². The molecular formula is C12H20N4O. The lowest BCUT2D eigenvalue weighted by Crippen LogP contribution is -2.33. The first-order chi connectivity index (χ1) is 8.13. The lowest BCUT2D eigenvalue weighted by atomic mass is 10.2. The van der Waals surface area contributed by atoms with E-state index in [1.807, 2.05) is 12.1 Å². The van der Waals surface area contributed by atoms with E-state index in [9.17, 15) is 0 Å². The van der Waals surface area contributed by atoms with Gasteiger partial charge in [0.25, 0.3) is 0 Å². The molecule has 0 radical (unpaired) electrons. The van der Waals surface area contributed by atoms with E-state index in [1.54, 1.807) is 12.4 Å². The van der Waals surface area contributed by atoms with Gasteiger partial charge in [0.05, 0.1) is 0 Å². The predicted octanol–water partition coefficient (Wildman–Crippen LogP) is 1.43. The van der Waals surface area contributed by atoms with E-state index in [2.05, 4.69) is 28.9 Å². The highest BCUT2D eigenvalue weighted by atomic mass is 16.4. The third-order valence-electron chi connectivity index (χ3n) is 2.65. The molecule has 0 bridgehead atoms. The maximum absolute atomic E-state index is 8.51. The first-order valence-electron chi connectivity index (χ1n) is 5.73. The van der Waals surface area contributed by atoms with Gasteiger partial charge in [0, 0.05) is 37.9 Å². The van der Waals surface area contributed by atoms with E-state index in [1.165, 1.54) is 5.56 Å². The first kappa shape index (κ1) is 13.4. The Labute approximate surface area is 102 Å². The summed E-state index contributed by atoms with van der Waals surface area (Å²) in [5.41, 5.74) is 6.69. The number of amidine groups is 1. The summed E-state index contributed by atoms with van der Waals surface area (Å²) >= 11 is 0. The molecule has 0 aliphatic heterocycles. The van der Waals surface area contributed by atoms with Gasteiger partial charge in [0.15, 0.2) is 0 Å². The van der Waals surface area contributed by atoms with E-state index in [4.69, 9.17) is 10.9 Å². The van der Waals surface area contributed by atoms with Crippen LogP contribution in [0.15, 0.2) is 29.7 Å². The molecule has 94 valence electrons. The number of aromatic nitrogens is 1. The Hall–Kier alpha value is -1.62. The Morgan fingerprint density at radius 1 is 1.47 bits per heavy atom. The Balaban J connectivity index is 2.55. The van der Waals surface area contributed by atoms with Crippen LogP contribution in [-0.2, 0) is 6.54 Å². The Morgan fingerprint density at radius 2 is 2.12 bits per heavy atom. The van der Waals surface area contributed by atoms with Gasteiger partial charge in [-0.05, 0) is 31.5 Å². The van der Waals surface area contributed by atoms with E-state index in [0.29, 0.717) is 12.5 Å². The lowest BCUT2D eigenvalue weighted by Gasteiger charge is -2.26. The highest BCUT2D eigenvalue weighted by Crippen LogP contribution is 2.07. The average molecular weight is 236 g/mol. The molecule has 0 saturated heterocycles. The zero-order valence-electron chi connectivity index (χ0n) is 10.4. The highest BCUT2D eigenvalue weighted by molar-refractivity contribution is 5.79. The summed E-state index contributed by atoms with van der Waals surface area (Å²) in [4.78, 5) is 6.27. The molecule has 0 atom stereocenters. The molecule has 1 aromatic rings. The predicted molar refractivity (Wildman–Crippen MR) is 67.8 cm³/mol. The van der Waals surface area contributed by atoms with Crippen LogP contribution in [0.4, 0.5) is 0 Å². The normalized spacial score (nSPS) is 12.4. The second-order valence-electron chi connectivity index (χ2n) is 4.26. The van der Waals surface area contributed by atoms with Gasteiger partial charge in [0.2, 0.25) is 0 Å². The van der Waals surface area contributed by atoms with Crippen molar-refractivity contribution in [3.05, 3.63) is 30.1 Å². The monoisotopic (exact) mass is 236 g/mol. The minimum atomic E-state index is 0.269. The fourth-order valence-electron chi connectivity index (χ4n) is 1.55.